The second kappa shape index (κ2) is 8.89. The van der Waals surface area contributed by atoms with E-state index in [1.807, 2.05) is 10.6 Å². The molecule has 4 nitrogen and oxygen atoms in total. The van der Waals surface area contributed by atoms with Gasteiger partial charge in [-0.3, -0.25) is 14.2 Å². The normalized spacial score (nSPS) is 12.7. The summed E-state index contributed by atoms with van der Waals surface area (Å²) in [6.45, 7) is 2.19. The van der Waals surface area contributed by atoms with Crippen LogP contribution in [0.25, 0.3) is 104 Å². The van der Waals surface area contributed by atoms with Gasteiger partial charge in [-0.2, -0.15) is 0 Å². The number of aromatic nitrogens is 3. The van der Waals surface area contributed by atoms with E-state index in [4.69, 9.17) is 9.97 Å². The third kappa shape index (κ3) is 3.10. The zero-order valence-electron chi connectivity index (χ0n) is 25.8. The molecule has 0 saturated carbocycles. The van der Waals surface area contributed by atoms with Gasteiger partial charge in [0.05, 0.1) is 17.1 Å². The first kappa shape index (κ1) is 25.3. The van der Waals surface area contributed by atoms with Crippen molar-refractivity contribution in [3.63, 3.8) is 0 Å². The molecular formula is C43H27N3O. The SMILES string of the molecule is CCCCc1cc2c(cn1)nc1c3c4cc(-c5ccccc5)c5ccc6ccc7c(-c8ccccc8)cc(c3c(=O)n21)c1c7c6c5c41. The van der Waals surface area contributed by atoms with Crippen LogP contribution in [0.4, 0.5) is 0 Å². The first-order valence-electron chi connectivity index (χ1n) is 16.5. The highest BCUT2D eigenvalue weighted by atomic mass is 16.1. The van der Waals surface area contributed by atoms with Crippen molar-refractivity contribution in [2.75, 3.05) is 0 Å². The average molecular weight is 602 g/mol. The number of unbranched alkanes of at least 4 members (excludes halogenated alkanes) is 1. The Morgan fingerprint density at radius 2 is 1.21 bits per heavy atom. The summed E-state index contributed by atoms with van der Waals surface area (Å²) in [7, 11) is 0. The van der Waals surface area contributed by atoms with E-state index in [0.29, 0.717) is 0 Å². The molecular weight excluding hydrogens is 574 g/mol. The predicted octanol–water partition coefficient (Wildman–Crippen LogP) is 10.6. The highest BCUT2D eigenvalue weighted by Gasteiger charge is 2.29. The van der Waals surface area contributed by atoms with Gasteiger partial charge in [-0.05, 0) is 107 Å². The van der Waals surface area contributed by atoms with Crippen LogP contribution < -0.4 is 5.56 Å². The second-order valence-corrected chi connectivity index (χ2v) is 13.1. The minimum absolute atomic E-state index is 0.00473. The molecule has 220 valence electrons. The van der Waals surface area contributed by atoms with Gasteiger partial charge in [0.1, 0.15) is 11.2 Å². The Morgan fingerprint density at radius 1 is 0.617 bits per heavy atom. The fourth-order valence-corrected chi connectivity index (χ4v) is 8.60. The quantitative estimate of drug-likeness (QED) is 0.184. The van der Waals surface area contributed by atoms with Crippen molar-refractivity contribution in [1.29, 1.82) is 0 Å². The van der Waals surface area contributed by atoms with Gasteiger partial charge in [0.25, 0.3) is 5.56 Å². The summed E-state index contributed by atoms with van der Waals surface area (Å²) in [5.74, 6) is 0. The highest BCUT2D eigenvalue weighted by molar-refractivity contribution is 6.50. The maximum atomic E-state index is 14.9. The highest BCUT2D eigenvalue weighted by Crippen LogP contribution is 2.54. The standard InChI is InChI=1S/C43H27N3O/c1-2-3-14-26-19-34-33(22-44-26)45-42-40-31-20-29(23-10-6-4-7-11-23)27-17-15-25-16-18-28-30(24-12-8-5-9-13-24)21-32(41(40)43(47)46(34)42)39-37(28)35(25)36(27)38(31)39/h4-13,15-22H,2-3,14H2,1H3. The lowest BCUT2D eigenvalue weighted by atomic mass is 9.89. The fourth-order valence-electron chi connectivity index (χ4n) is 8.60. The molecule has 0 saturated heterocycles. The molecule has 0 fully saturated rings. The summed E-state index contributed by atoms with van der Waals surface area (Å²) >= 11 is 0. The Morgan fingerprint density at radius 3 is 1.83 bits per heavy atom. The second-order valence-electron chi connectivity index (χ2n) is 13.1. The Bertz CT molecular complexity index is 3050. The fraction of sp³-hybridized carbons (Fsp3) is 0.0930. The molecule has 47 heavy (non-hydrogen) atoms. The minimum Gasteiger partial charge on any atom is -0.268 e. The molecule has 3 heterocycles. The molecule has 0 aliphatic rings. The van der Waals surface area contributed by atoms with Crippen molar-refractivity contribution >= 4 is 81.3 Å². The van der Waals surface area contributed by atoms with Gasteiger partial charge >= 0.3 is 0 Å². The summed E-state index contributed by atoms with van der Waals surface area (Å²) in [5, 5.41) is 13.7. The number of rotatable bonds is 5. The maximum Gasteiger partial charge on any atom is 0.265 e. The molecule has 8 aromatic carbocycles. The molecule has 0 aliphatic carbocycles. The Balaban J connectivity index is 1.43. The molecule has 4 heteroatoms. The van der Waals surface area contributed by atoms with Crippen molar-refractivity contribution in [2.24, 2.45) is 0 Å². The van der Waals surface area contributed by atoms with E-state index < -0.39 is 0 Å². The Hall–Kier alpha value is -5.87. The number of nitrogens with zero attached hydrogens (tertiary/aromatic N) is 3. The first-order valence-corrected chi connectivity index (χ1v) is 16.5. The number of hydrogen-bond donors (Lipinski definition) is 0. The third-order valence-corrected chi connectivity index (χ3v) is 10.6. The van der Waals surface area contributed by atoms with Crippen LogP contribution >= 0.6 is 0 Å². The number of imidazole rings is 1. The summed E-state index contributed by atoms with van der Waals surface area (Å²) in [4.78, 5) is 24.8. The van der Waals surface area contributed by atoms with Crippen molar-refractivity contribution in [2.45, 2.75) is 26.2 Å². The molecule has 0 radical (unpaired) electrons. The lowest BCUT2D eigenvalue weighted by Gasteiger charge is -2.13. The van der Waals surface area contributed by atoms with E-state index in [9.17, 15) is 4.79 Å². The van der Waals surface area contributed by atoms with Crippen LogP contribution in [0.3, 0.4) is 0 Å². The lowest BCUT2D eigenvalue weighted by molar-refractivity contribution is 0.778. The van der Waals surface area contributed by atoms with Gasteiger partial charge in [0.2, 0.25) is 0 Å². The summed E-state index contributed by atoms with van der Waals surface area (Å²) in [6.07, 6.45) is 4.89. The molecule has 0 unspecified atom stereocenters. The van der Waals surface area contributed by atoms with Crippen molar-refractivity contribution in [1.82, 2.24) is 14.4 Å². The average Bonchev–Trinajstić information content (AvgIpc) is 3.77. The van der Waals surface area contributed by atoms with Gasteiger partial charge in [-0.15, -0.1) is 0 Å². The van der Waals surface area contributed by atoms with Crippen LogP contribution in [0.5, 0.6) is 0 Å². The van der Waals surface area contributed by atoms with Gasteiger partial charge in [-0.1, -0.05) is 98.3 Å². The zero-order chi connectivity index (χ0) is 31.0. The molecule has 0 atom stereocenters. The summed E-state index contributed by atoms with van der Waals surface area (Å²) < 4.78 is 1.86. The van der Waals surface area contributed by atoms with Gasteiger partial charge < -0.3 is 0 Å². The van der Waals surface area contributed by atoms with E-state index in [0.717, 1.165) is 74.3 Å². The Labute approximate surface area is 268 Å². The molecule has 0 amide bonds. The van der Waals surface area contributed by atoms with Crippen LogP contribution in [-0.4, -0.2) is 14.4 Å². The van der Waals surface area contributed by atoms with Crippen LogP contribution in [0.15, 0.2) is 114 Å². The number of fused-ring (bicyclic) bond motifs is 7. The van der Waals surface area contributed by atoms with Gasteiger partial charge in [-0.25, -0.2) is 4.98 Å². The smallest absolute Gasteiger partial charge is 0.265 e. The summed E-state index contributed by atoms with van der Waals surface area (Å²) in [6, 6.07) is 37.0. The predicted molar refractivity (Wildman–Crippen MR) is 196 cm³/mol. The first-order chi connectivity index (χ1) is 23.2. The topological polar surface area (TPSA) is 47.3 Å². The molecule has 0 aliphatic heterocycles. The van der Waals surface area contributed by atoms with Gasteiger partial charge in [0.15, 0.2) is 0 Å². The van der Waals surface area contributed by atoms with Gasteiger partial charge in [0, 0.05) is 11.1 Å². The zero-order valence-corrected chi connectivity index (χ0v) is 25.8. The van der Waals surface area contributed by atoms with E-state index >= 15 is 0 Å². The molecule has 11 rings (SSSR count). The van der Waals surface area contributed by atoms with Crippen LogP contribution in [-0.2, 0) is 6.42 Å². The largest absolute Gasteiger partial charge is 0.268 e. The van der Waals surface area contributed by atoms with E-state index in [2.05, 4.69) is 110 Å². The Kier molecular flexibility index (Phi) is 4.79. The number of pyridine rings is 1. The number of hydrogen-bond acceptors (Lipinski definition) is 3. The van der Waals surface area contributed by atoms with Crippen molar-refractivity contribution < 1.29 is 0 Å². The van der Waals surface area contributed by atoms with E-state index in [1.54, 1.807) is 0 Å². The molecule has 11 aromatic rings. The van der Waals surface area contributed by atoms with Crippen molar-refractivity contribution in [3.05, 3.63) is 125 Å². The van der Waals surface area contributed by atoms with E-state index in [1.165, 1.54) is 54.2 Å². The maximum absolute atomic E-state index is 14.9. The van der Waals surface area contributed by atoms with Crippen LogP contribution in [0.1, 0.15) is 25.5 Å². The monoisotopic (exact) mass is 601 g/mol. The summed E-state index contributed by atoms with van der Waals surface area (Å²) in [5.41, 5.74) is 7.97. The molecule has 0 N–H and O–H groups in total. The van der Waals surface area contributed by atoms with Crippen molar-refractivity contribution in [3.8, 4) is 22.3 Å². The minimum atomic E-state index is -0.00473. The molecule has 3 aromatic heterocycles. The van der Waals surface area contributed by atoms with Crippen LogP contribution in [0.2, 0.25) is 0 Å². The van der Waals surface area contributed by atoms with Crippen LogP contribution in [0, 0.1) is 0 Å². The molecule has 0 bridgehead atoms. The third-order valence-electron chi connectivity index (χ3n) is 10.6. The van der Waals surface area contributed by atoms with E-state index in [-0.39, 0.29) is 5.56 Å². The molecule has 0 spiro atoms. The lowest BCUT2D eigenvalue weighted by Crippen LogP contribution is -2.06. The number of aryl methyl sites for hydroxylation is 1. The number of benzene rings is 7.